The van der Waals surface area contributed by atoms with Gasteiger partial charge < -0.3 is 25.0 Å². The average Bonchev–Trinajstić information content (AvgIpc) is 2.63. The average molecular weight is 397 g/mol. The molecule has 1 amide bonds. The number of hydrogen-bond donors (Lipinski definition) is 4. The van der Waals surface area contributed by atoms with Crippen molar-refractivity contribution in [2.45, 2.75) is 13.0 Å². The highest BCUT2D eigenvalue weighted by atomic mass is 35.5. The van der Waals surface area contributed by atoms with Crippen LogP contribution in [0, 0.1) is 0 Å². The number of aliphatic hydroxyl groups excluding tert-OH is 1. The molecule has 2 aromatic carbocycles. The van der Waals surface area contributed by atoms with Crippen molar-refractivity contribution in [3.63, 3.8) is 0 Å². The van der Waals surface area contributed by atoms with E-state index in [0.717, 1.165) is 5.56 Å². The van der Waals surface area contributed by atoms with Crippen LogP contribution in [0.5, 0.6) is 11.5 Å². The number of carbonyl (C=O) groups excluding carboxylic acids is 1. The quantitative estimate of drug-likeness (QED) is 0.486. The molecular weight excluding hydrogens is 372 g/mol. The van der Waals surface area contributed by atoms with Gasteiger partial charge in [0.05, 0.1) is 12.7 Å². The molecule has 0 radical (unpaired) electrons. The zero-order chi connectivity index (χ0) is 18.8. The second-order valence-corrected chi connectivity index (χ2v) is 5.53. The van der Waals surface area contributed by atoms with E-state index in [2.05, 4.69) is 10.6 Å². The van der Waals surface area contributed by atoms with Crippen LogP contribution in [-0.4, -0.2) is 42.6 Å². The summed E-state index contributed by atoms with van der Waals surface area (Å²) in [5.74, 6) is 0.853. The molecular formula is C19H25ClN2O5. The number of phenols is 1. The van der Waals surface area contributed by atoms with Gasteiger partial charge in [-0.05, 0) is 48.9 Å². The third kappa shape index (κ3) is 8.17. The van der Waals surface area contributed by atoms with Crippen molar-refractivity contribution in [1.29, 1.82) is 0 Å². The maximum atomic E-state index is 11.3. The predicted molar refractivity (Wildman–Crippen MR) is 106 cm³/mol. The molecule has 0 aliphatic rings. The van der Waals surface area contributed by atoms with Gasteiger partial charge in [0.15, 0.2) is 0 Å². The lowest BCUT2D eigenvalue weighted by Crippen LogP contribution is -2.26. The van der Waals surface area contributed by atoms with Crippen molar-refractivity contribution in [1.82, 2.24) is 5.32 Å². The number of carbonyl (C=O) groups is 1. The Morgan fingerprint density at radius 2 is 1.78 bits per heavy atom. The van der Waals surface area contributed by atoms with Crippen molar-refractivity contribution in [3.05, 3.63) is 54.1 Å². The number of rotatable bonds is 9. The fourth-order valence-electron chi connectivity index (χ4n) is 2.21. The van der Waals surface area contributed by atoms with Crippen LogP contribution in [0.2, 0.25) is 0 Å². The van der Waals surface area contributed by atoms with E-state index in [1.165, 1.54) is 0 Å². The summed E-state index contributed by atoms with van der Waals surface area (Å²) in [5.41, 5.74) is 1.37. The van der Waals surface area contributed by atoms with Crippen LogP contribution in [0.1, 0.15) is 18.6 Å². The Bertz CT molecular complexity index is 680. The molecule has 0 fully saturated rings. The van der Waals surface area contributed by atoms with E-state index in [4.69, 9.17) is 9.47 Å². The first-order valence-corrected chi connectivity index (χ1v) is 8.43. The summed E-state index contributed by atoms with van der Waals surface area (Å²) in [4.78, 5) is 11.3. The van der Waals surface area contributed by atoms with Gasteiger partial charge in [0, 0.05) is 18.8 Å². The molecule has 0 saturated heterocycles. The molecule has 2 rings (SSSR count). The molecule has 4 N–H and O–H groups in total. The fourth-order valence-corrected chi connectivity index (χ4v) is 2.21. The number of amides is 1. The SMILES string of the molecule is CCOC(=O)Nc1ccc(OCCNCC(O)c2ccc(O)cc2)cc1.Cl. The third-order valence-electron chi connectivity index (χ3n) is 3.54. The highest BCUT2D eigenvalue weighted by Gasteiger charge is 2.06. The van der Waals surface area contributed by atoms with Crippen molar-refractivity contribution >= 4 is 24.2 Å². The number of ether oxygens (including phenoxy) is 2. The maximum absolute atomic E-state index is 11.3. The zero-order valence-electron chi connectivity index (χ0n) is 15.1. The molecule has 0 aliphatic heterocycles. The van der Waals surface area contributed by atoms with E-state index >= 15 is 0 Å². The Balaban J connectivity index is 0.00000364. The van der Waals surface area contributed by atoms with E-state index in [1.807, 2.05) is 0 Å². The predicted octanol–water partition coefficient (Wildman–Crippen LogP) is 3.08. The Kier molecular flexibility index (Phi) is 10.0. The van der Waals surface area contributed by atoms with Gasteiger partial charge in [-0.25, -0.2) is 4.79 Å². The number of phenolic OH excluding ortho intramolecular Hbond substituents is 1. The summed E-state index contributed by atoms with van der Waals surface area (Å²) in [7, 11) is 0. The van der Waals surface area contributed by atoms with Gasteiger partial charge in [0.25, 0.3) is 0 Å². The first kappa shape index (κ1) is 22.6. The van der Waals surface area contributed by atoms with Crippen LogP contribution in [-0.2, 0) is 4.74 Å². The van der Waals surface area contributed by atoms with Gasteiger partial charge >= 0.3 is 6.09 Å². The molecule has 0 bridgehead atoms. The Morgan fingerprint density at radius 1 is 1.11 bits per heavy atom. The van der Waals surface area contributed by atoms with Crippen molar-refractivity contribution in [2.24, 2.45) is 0 Å². The standard InChI is InChI=1S/C19H24N2O5.ClH/c1-2-25-19(24)21-15-5-9-17(10-6-15)26-12-11-20-13-18(23)14-3-7-16(22)8-4-14;/h3-10,18,20,22-23H,2,11-13H2,1H3,(H,21,24);1H. The van der Waals surface area contributed by atoms with Crippen LogP contribution >= 0.6 is 12.4 Å². The lowest BCUT2D eigenvalue weighted by Gasteiger charge is -2.13. The zero-order valence-corrected chi connectivity index (χ0v) is 15.9. The molecule has 0 heterocycles. The lowest BCUT2D eigenvalue weighted by atomic mass is 10.1. The van der Waals surface area contributed by atoms with Gasteiger partial charge in [-0.15, -0.1) is 12.4 Å². The molecule has 7 nitrogen and oxygen atoms in total. The van der Waals surface area contributed by atoms with Crippen LogP contribution in [0.25, 0.3) is 0 Å². The van der Waals surface area contributed by atoms with E-state index < -0.39 is 12.2 Å². The second kappa shape index (κ2) is 12.0. The van der Waals surface area contributed by atoms with Crippen LogP contribution in [0.3, 0.4) is 0 Å². The first-order chi connectivity index (χ1) is 12.6. The molecule has 0 aromatic heterocycles. The summed E-state index contributed by atoms with van der Waals surface area (Å²) in [6, 6.07) is 13.4. The third-order valence-corrected chi connectivity index (χ3v) is 3.54. The van der Waals surface area contributed by atoms with Crippen molar-refractivity contribution < 1.29 is 24.5 Å². The Hall–Kier alpha value is -2.48. The van der Waals surface area contributed by atoms with Gasteiger partial charge in [-0.1, -0.05) is 12.1 Å². The number of nitrogens with one attached hydrogen (secondary N) is 2. The van der Waals surface area contributed by atoms with Gasteiger partial charge in [0.2, 0.25) is 0 Å². The lowest BCUT2D eigenvalue weighted by molar-refractivity contribution is 0.168. The minimum atomic E-state index is -0.649. The molecule has 148 valence electrons. The molecule has 2 aromatic rings. The van der Waals surface area contributed by atoms with E-state index in [1.54, 1.807) is 55.5 Å². The number of anilines is 1. The van der Waals surface area contributed by atoms with Gasteiger partial charge in [-0.3, -0.25) is 5.32 Å². The molecule has 0 spiro atoms. The van der Waals surface area contributed by atoms with Crippen LogP contribution < -0.4 is 15.4 Å². The Labute approximate surface area is 164 Å². The first-order valence-electron chi connectivity index (χ1n) is 8.43. The largest absolute Gasteiger partial charge is 0.508 e. The summed E-state index contributed by atoms with van der Waals surface area (Å²) in [6.45, 7) is 3.46. The van der Waals surface area contributed by atoms with E-state index in [0.29, 0.717) is 37.7 Å². The Morgan fingerprint density at radius 3 is 2.41 bits per heavy atom. The second-order valence-electron chi connectivity index (χ2n) is 5.53. The minimum Gasteiger partial charge on any atom is -0.508 e. The summed E-state index contributed by atoms with van der Waals surface area (Å²) < 4.78 is 10.4. The minimum absolute atomic E-state index is 0. The van der Waals surface area contributed by atoms with Crippen molar-refractivity contribution in [3.8, 4) is 11.5 Å². The topological polar surface area (TPSA) is 100 Å². The molecule has 0 saturated carbocycles. The van der Waals surface area contributed by atoms with Gasteiger partial charge in [-0.2, -0.15) is 0 Å². The molecule has 1 atom stereocenters. The fraction of sp³-hybridized carbons (Fsp3) is 0.316. The number of aromatic hydroxyl groups is 1. The molecule has 0 aliphatic carbocycles. The van der Waals surface area contributed by atoms with E-state index in [9.17, 15) is 15.0 Å². The monoisotopic (exact) mass is 396 g/mol. The highest BCUT2D eigenvalue weighted by molar-refractivity contribution is 5.85. The smallest absolute Gasteiger partial charge is 0.411 e. The normalized spacial score (nSPS) is 11.2. The number of benzene rings is 2. The van der Waals surface area contributed by atoms with Crippen LogP contribution in [0.15, 0.2) is 48.5 Å². The van der Waals surface area contributed by atoms with E-state index in [-0.39, 0.29) is 18.2 Å². The number of hydrogen-bond acceptors (Lipinski definition) is 6. The molecule has 8 heteroatoms. The summed E-state index contributed by atoms with van der Waals surface area (Å²) in [5, 5.41) is 25.0. The number of aliphatic hydroxyl groups is 1. The summed E-state index contributed by atoms with van der Waals surface area (Å²) in [6.07, 6.45) is -1.14. The molecule has 27 heavy (non-hydrogen) atoms. The van der Waals surface area contributed by atoms with Crippen LogP contribution in [0.4, 0.5) is 10.5 Å². The van der Waals surface area contributed by atoms with Crippen molar-refractivity contribution in [2.75, 3.05) is 31.6 Å². The maximum Gasteiger partial charge on any atom is 0.411 e. The molecule has 1 unspecified atom stereocenters. The number of halogens is 1. The summed E-state index contributed by atoms with van der Waals surface area (Å²) >= 11 is 0. The van der Waals surface area contributed by atoms with Gasteiger partial charge in [0.1, 0.15) is 18.1 Å². The highest BCUT2D eigenvalue weighted by Crippen LogP contribution is 2.17.